The minimum absolute atomic E-state index is 0.0265. The molecule has 0 bridgehead atoms. The van der Waals surface area contributed by atoms with Crippen LogP contribution in [0.15, 0.2) is 18.2 Å². The van der Waals surface area contributed by atoms with Crippen molar-refractivity contribution in [1.29, 1.82) is 0 Å². The highest BCUT2D eigenvalue weighted by Crippen LogP contribution is 2.19. The number of ether oxygens (including phenoxy) is 2. The van der Waals surface area contributed by atoms with E-state index in [0.717, 1.165) is 0 Å². The maximum absolute atomic E-state index is 13.5. The van der Waals surface area contributed by atoms with Crippen molar-refractivity contribution in [2.75, 3.05) is 13.7 Å². The fraction of sp³-hybridized carbons (Fsp3) is 0.533. The van der Waals surface area contributed by atoms with Crippen LogP contribution in [-0.4, -0.2) is 25.6 Å². The molecule has 0 fully saturated rings. The Labute approximate surface area is 113 Å². The third kappa shape index (κ3) is 4.31. The molecule has 19 heavy (non-hydrogen) atoms. The third-order valence-corrected chi connectivity index (χ3v) is 2.86. The lowest BCUT2D eigenvalue weighted by Crippen LogP contribution is -2.31. The Kier molecular flexibility index (Phi) is 5.96. The van der Waals surface area contributed by atoms with Gasteiger partial charge < -0.3 is 9.47 Å². The van der Waals surface area contributed by atoms with Crippen molar-refractivity contribution in [2.45, 2.75) is 33.3 Å². The van der Waals surface area contributed by atoms with Crippen molar-refractivity contribution < 1.29 is 18.7 Å². The van der Waals surface area contributed by atoms with E-state index in [1.165, 1.54) is 19.2 Å². The van der Waals surface area contributed by atoms with Gasteiger partial charge in [0.05, 0.1) is 7.11 Å². The van der Waals surface area contributed by atoms with E-state index in [9.17, 15) is 9.18 Å². The standard InChI is InChI=1S/C15H21FO3/c1-5-19-15(10(2)3)13(17)9-11-6-7-14(18-4)12(16)8-11/h6-8,10,15H,5,9H2,1-4H3. The largest absolute Gasteiger partial charge is 0.494 e. The molecule has 0 radical (unpaired) electrons. The summed E-state index contributed by atoms with van der Waals surface area (Å²) in [6.07, 6.45) is -0.265. The zero-order valence-electron chi connectivity index (χ0n) is 11.9. The lowest BCUT2D eigenvalue weighted by atomic mass is 9.97. The van der Waals surface area contributed by atoms with Crippen molar-refractivity contribution in [2.24, 2.45) is 5.92 Å². The highest BCUT2D eigenvalue weighted by molar-refractivity contribution is 5.85. The summed E-state index contributed by atoms with van der Waals surface area (Å²) in [6, 6.07) is 4.56. The number of ketones is 1. The molecular formula is C15H21FO3. The summed E-state index contributed by atoms with van der Waals surface area (Å²) in [5.41, 5.74) is 0.633. The molecule has 0 aliphatic rings. The molecule has 0 amide bonds. The second-order valence-electron chi connectivity index (χ2n) is 4.73. The molecule has 0 aliphatic heterocycles. The summed E-state index contributed by atoms with van der Waals surface area (Å²) in [5.74, 6) is -0.191. The van der Waals surface area contributed by atoms with E-state index in [-0.39, 0.29) is 23.9 Å². The number of methoxy groups -OCH3 is 1. The lowest BCUT2D eigenvalue weighted by Gasteiger charge is -2.19. The molecule has 1 aromatic carbocycles. The Bertz CT molecular complexity index is 429. The Morgan fingerprint density at radius 1 is 1.37 bits per heavy atom. The SMILES string of the molecule is CCOC(C(=O)Cc1ccc(OC)c(F)c1)C(C)C. The molecular weight excluding hydrogens is 247 g/mol. The highest BCUT2D eigenvalue weighted by atomic mass is 19.1. The number of carbonyl (C=O) groups is 1. The Morgan fingerprint density at radius 3 is 2.53 bits per heavy atom. The number of carbonyl (C=O) groups excluding carboxylic acids is 1. The van der Waals surface area contributed by atoms with Gasteiger partial charge in [-0.2, -0.15) is 0 Å². The van der Waals surface area contributed by atoms with Gasteiger partial charge in [0.25, 0.3) is 0 Å². The van der Waals surface area contributed by atoms with Gasteiger partial charge in [-0.05, 0) is 30.5 Å². The summed E-state index contributed by atoms with van der Waals surface area (Å²) in [7, 11) is 1.41. The topological polar surface area (TPSA) is 35.5 Å². The van der Waals surface area contributed by atoms with Gasteiger partial charge in [0.15, 0.2) is 17.3 Å². The Hall–Kier alpha value is -1.42. The molecule has 1 rings (SSSR count). The molecule has 0 N–H and O–H groups in total. The predicted octanol–water partition coefficient (Wildman–Crippen LogP) is 3.01. The molecule has 0 aromatic heterocycles. The maximum Gasteiger partial charge on any atom is 0.166 e. The summed E-state index contributed by atoms with van der Waals surface area (Å²) >= 11 is 0. The van der Waals surface area contributed by atoms with Gasteiger partial charge in [-0.15, -0.1) is 0 Å². The molecule has 0 spiro atoms. The van der Waals surface area contributed by atoms with Crippen LogP contribution in [0.25, 0.3) is 0 Å². The van der Waals surface area contributed by atoms with Crippen LogP contribution in [0, 0.1) is 11.7 Å². The summed E-state index contributed by atoms with van der Waals surface area (Å²) < 4.78 is 23.8. The second kappa shape index (κ2) is 7.24. The second-order valence-corrected chi connectivity index (χ2v) is 4.73. The summed E-state index contributed by atoms with van der Waals surface area (Å²) in [5, 5.41) is 0. The molecule has 0 aliphatic carbocycles. The lowest BCUT2D eigenvalue weighted by molar-refractivity contribution is -0.132. The number of hydrogen-bond donors (Lipinski definition) is 0. The van der Waals surface area contributed by atoms with Gasteiger partial charge in [-0.3, -0.25) is 4.79 Å². The van der Waals surface area contributed by atoms with Crippen molar-refractivity contribution in [3.05, 3.63) is 29.6 Å². The van der Waals surface area contributed by atoms with E-state index in [2.05, 4.69) is 0 Å². The fourth-order valence-electron chi connectivity index (χ4n) is 1.96. The maximum atomic E-state index is 13.5. The number of hydrogen-bond acceptors (Lipinski definition) is 3. The first-order valence-corrected chi connectivity index (χ1v) is 6.46. The summed E-state index contributed by atoms with van der Waals surface area (Å²) in [4.78, 5) is 12.1. The molecule has 0 saturated heterocycles. The monoisotopic (exact) mass is 268 g/mol. The van der Waals surface area contributed by atoms with E-state index in [1.54, 1.807) is 6.07 Å². The van der Waals surface area contributed by atoms with Crippen LogP contribution >= 0.6 is 0 Å². The first-order chi connectivity index (χ1) is 8.99. The van der Waals surface area contributed by atoms with Gasteiger partial charge in [-0.25, -0.2) is 4.39 Å². The average molecular weight is 268 g/mol. The van der Waals surface area contributed by atoms with Crippen LogP contribution in [-0.2, 0) is 16.0 Å². The first-order valence-electron chi connectivity index (χ1n) is 6.46. The van der Waals surface area contributed by atoms with E-state index in [0.29, 0.717) is 12.2 Å². The number of rotatable bonds is 7. The molecule has 3 nitrogen and oxygen atoms in total. The van der Waals surface area contributed by atoms with Crippen molar-refractivity contribution >= 4 is 5.78 Å². The normalized spacial score (nSPS) is 12.5. The number of Topliss-reactive ketones (excluding diaryl/α,β-unsaturated/α-hetero) is 1. The van der Waals surface area contributed by atoms with E-state index >= 15 is 0 Å². The minimum atomic E-state index is -0.453. The molecule has 0 heterocycles. The van der Waals surface area contributed by atoms with Gasteiger partial charge >= 0.3 is 0 Å². The van der Waals surface area contributed by atoms with Crippen molar-refractivity contribution in [3.8, 4) is 5.75 Å². The van der Waals surface area contributed by atoms with Crippen LogP contribution in [0.1, 0.15) is 26.3 Å². The molecule has 1 unspecified atom stereocenters. The average Bonchev–Trinajstić information content (AvgIpc) is 2.35. The van der Waals surface area contributed by atoms with E-state index < -0.39 is 11.9 Å². The zero-order valence-corrected chi connectivity index (χ0v) is 11.9. The van der Waals surface area contributed by atoms with Crippen LogP contribution in [0.4, 0.5) is 4.39 Å². The van der Waals surface area contributed by atoms with Crippen molar-refractivity contribution in [3.63, 3.8) is 0 Å². The Balaban J connectivity index is 2.78. The van der Waals surface area contributed by atoms with Gasteiger partial charge in [0.2, 0.25) is 0 Å². The molecule has 0 saturated carbocycles. The quantitative estimate of drug-likeness (QED) is 0.762. The molecule has 4 heteroatoms. The van der Waals surface area contributed by atoms with Gasteiger partial charge in [0.1, 0.15) is 6.10 Å². The smallest absolute Gasteiger partial charge is 0.166 e. The third-order valence-electron chi connectivity index (χ3n) is 2.86. The molecule has 1 aromatic rings. The van der Waals surface area contributed by atoms with Crippen molar-refractivity contribution in [1.82, 2.24) is 0 Å². The number of halogens is 1. The van der Waals surface area contributed by atoms with E-state index in [1.807, 2.05) is 20.8 Å². The van der Waals surface area contributed by atoms with Crippen LogP contribution in [0.2, 0.25) is 0 Å². The first kappa shape index (κ1) is 15.6. The molecule has 106 valence electrons. The van der Waals surface area contributed by atoms with E-state index in [4.69, 9.17) is 9.47 Å². The summed E-state index contributed by atoms with van der Waals surface area (Å²) in [6.45, 7) is 6.22. The number of benzene rings is 1. The van der Waals surface area contributed by atoms with Crippen LogP contribution < -0.4 is 4.74 Å². The van der Waals surface area contributed by atoms with Gasteiger partial charge in [-0.1, -0.05) is 19.9 Å². The van der Waals surface area contributed by atoms with Gasteiger partial charge in [0, 0.05) is 13.0 Å². The van der Waals surface area contributed by atoms with Crippen LogP contribution in [0.3, 0.4) is 0 Å². The minimum Gasteiger partial charge on any atom is -0.494 e. The van der Waals surface area contributed by atoms with Crippen LogP contribution in [0.5, 0.6) is 5.75 Å². The predicted molar refractivity (Wildman–Crippen MR) is 71.9 cm³/mol. The Morgan fingerprint density at radius 2 is 2.05 bits per heavy atom. The fourth-order valence-corrected chi connectivity index (χ4v) is 1.96. The zero-order chi connectivity index (χ0) is 14.4. The highest BCUT2D eigenvalue weighted by Gasteiger charge is 2.22. The molecule has 1 atom stereocenters.